The third kappa shape index (κ3) is 4.24. The average molecular weight is 444 g/mol. The van der Waals surface area contributed by atoms with Crippen LogP contribution < -0.4 is 0 Å². The predicted molar refractivity (Wildman–Crippen MR) is 118 cm³/mol. The van der Waals surface area contributed by atoms with E-state index >= 15 is 0 Å². The molecule has 3 rings (SSSR count). The summed E-state index contributed by atoms with van der Waals surface area (Å²) in [4.78, 5) is 32.3. The third-order valence-corrected chi connectivity index (χ3v) is 5.62. The zero-order chi connectivity index (χ0) is 22.9. The molecule has 1 amide bonds. The molecule has 1 aliphatic rings. The van der Waals surface area contributed by atoms with Crippen LogP contribution in [0.5, 0.6) is 0 Å². The van der Waals surface area contributed by atoms with E-state index in [1.54, 1.807) is 45.0 Å². The van der Waals surface area contributed by atoms with Crippen LogP contribution >= 0.6 is 11.6 Å². The molecule has 0 aromatic heterocycles. The Labute approximate surface area is 187 Å². The number of halogens is 1. The van der Waals surface area contributed by atoms with Gasteiger partial charge in [0.1, 0.15) is 11.3 Å². The van der Waals surface area contributed by atoms with E-state index < -0.39 is 23.7 Å². The molecule has 0 saturated carbocycles. The second-order valence-corrected chi connectivity index (χ2v) is 8.31. The van der Waals surface area contributed by atoms with Crippen molar-refractivity contribution in [2.75, 3.05) is 7.11 Å². The van der Waals surface area contributed by atoms with Gasteiger partial charge in [-0.15, -0.1) is 0 Å². The van der Waals surface area contributed by atoms with Gasteiger partial charge in [-0.25, -0.2) is 14.7 Å². The van der Waals surface area contributed by atoms with Gasteiger partial charge in [0.2, 0.25) is 0 Å². The van der Waals surface area contributed by atoms with E-state index in [4.69, 9.17) is 25.9 Å². The van der Waals surface area contributed by atoms with Crippen molar-refractivity contribution in [1.82, 2.24) is 5.06 Å². The van der Waals surface area contributed by atoms with Crippen LogP contribution in [0.3, 0.4) is 0 Å². The minimum Gasteiger partial charge on any atom is -0.424 e. The summed E-state index contributed by atoms with van der Waals surface area (Å²) >= 11 is 6.19. The molecule has 1 unspecified atom stereocenters. The number of hydrogen-bond acceptors (Lipinski definition) is 5. The lowest BCUT2D eigenvalue weighted by Crippen LogP contribution is -2.46. The number of carbonyl (C=O) groups is 2. The van der Waals surface area contributed by atoms with Crippen LogP contribution in [-0.2, 0) is 19.1 Å². The fourth-order valence-corrected chi connectivity index (χ4v) is 3.81. The molecule has 164 valence electrons. The molecule has 0 radical (unpaired) electrons. The first-order chi connectivity index (χ1) is 14.6. The maximum Gasteiger partial charge on any atom is 0.344 e. The van der Waals surface area contributed by atoms with Crippen LogP contribution in [0.4, 0.5) is 0 Å². The number of aryl methyl sites for hydroxylation is 2. The number of hydrogen-bond donors (Lipinski definition) is 0. The van der Waals surface area contributed by atoms with Crippen LogP contribution in [0, 0.1) is 13.8 Å². The largest absolute Gasteiger partial charge is 0.424 e. The van der Waals surface area contributed by atoms with E-state index in [2.05, 4.69) is 0 Å². The molecule has 31 heavy (non-hydrogen) atoms. The van der Waals surface area contributed by atoms with Gasteiger partial charge >= 0.3 is 5.97 Å². The first kappa shape index (κ1) is 23.0. The Kier molecular flexibility index (Phi) is 6.55. The Morgan fingerprint density at radius 1 is 1.06 bits per heavy atom. The monoisotopic (exact) mass is 443 g/mol. The molecule has 0 aliphatic carbocycles. The number of hydroxylamine groups is 2. The van der Waals surface area contributed by atoms with E-state index in [1.807, 2.05) is 32.0 Å². The van der Waals surface area contributed by atoms with Gasteiger partial charge in [0.25, 0.3) is 5.91 Å². The van der Waals surface area contributed by atoms with Crippen molar-refractivity contribution in [2.45, 2.75) is 46.4 Å². The van der Waals surface area contributed by atoms with Gasteiger partial charge in [-0.2, -0.15) is 0 Å². The van der Waals surface area contributed by atoms with E-state index in [0.29, 0.717) is 5.56 Å². The zero-order valence-electron chi connectivity index (χ0n) is 18.5. The van der Waals surface area contributed by atoms with E-state index in [0.717, 1.165) is 11.1 Å². The second kappa shape index (κ2) is 8.83. The normalized spacial score (nSPS) is 16.6. The van der Waals surface area contributed by atoms with E-state index in [9.17, 15) is 9.59 Å². The van der Waals surface area contributed by atoms with Gasteiger partial charge in [0, 0.05) is 7.11 Å². The van der Waals surface area contributed by atoms with Gasteiger partial charge in [-0.05, 0) is 63.4 Å². The molecule has 0 spiro atoms. The average Bonchev–Trinajstić information content (AvgIpc) is 2.89. The molecule has 0 N–H and O–H groups in total. The molecule has 0 bridgehead atoms. The van der Waals surface area contributed by atoms with Crippen LogP contribution in [0.25, 0.3) is 5.57 Å². The molecule has 1 heterocycles. The summed E-state index contributed by atoms with van der Waals surface area (Å²) in [6, 6.07) is 12.3. The quantitative estimate of drug-likeness (QED) is 0.460. The van der Waals surface area contributed by atoms with E-state index in [1.165, 1.54) is 12.2 Å². The molecule has 0 saturated heterocycles. The molecule has 0 fully saturated rings. The minimum atomic E-state index is -1.08. The lowest BCUT2D eigenvalue weighted by molar-refractivity contribution is -0.276. The number of esters is 1. The number of benzene rings is 2. The van der Waals surface area contributed by atoms with Crippen molar-refractivity contribution < 1.29 is 23.9 Å². The standard InChI is InChI=1S/C24H26ClNO5/c1-14-10-9-11-15(2)19(14)20-21(30-23(28)17-12-7-8-13-18(17)25)24(4,5)26(22(20)27)31-16(3)29-6/h7-13,16H,1-6H3. The van der Waals surface area contributed by atoms with Gasteiger partial charge in [-0.1, -0.05) is 41.9 Å². The van der Waals surface area contributed by atoms with Crippen molar-refractivity contribution in [2.24, 2.45) is 0 Å². The number of ether oxygens (including phenoxy) is 2. The number of rotatable bonds is 6. The molecule has 7 heteroatoms. The summed E-state index contributed by atoms with van der Waals surface area (Å²) in [6.45, 7) is 9.00. The van der Waals surface area contributed by atoms with Crippen molar-refractivity contribution >= 4 is 29.1 Å². The first-order valence-electron chi connectivity index (χ1n) is 9.91. The molecular formula is C24H26ClNO5. The highest BCUT2D eigenvalue weighted by Crippen LogP contribution is 2.43. The van der Waals surface area contributed by atoms with Crippen molar-refractivity contribution in [3.63, 3.8) is 0 Å². The molecule has 6 nitrogen and oxygen atoms in total. The smallest absolute Gasteiger partial charge is 0.344 e. The first-order valence-corrected chi connectivity index (χ1v) is 10.3. The molecule has 2 aromatic rings. The fourth-order valence-electron chi connectivity index (χ4n) is 3.60. The summed E-state index contributed by atoms with van der Waals surface area (Å²) in [5, 5.41) is 1.47. The maximum atomic E-state index is 13.5. The van der Waals surface area contributed by atoms with Crippen molar-refractivity contribution in [3.05, 3.63) is 75.5 Å². The Balaban J connectivity index is 2.17. The van der Waals surface area contributed by atoms with Gasteiger partial charge < -0.3 is 9.47 Å². The van der Waals surface area contributed by atoms with Gasteiger partial charge in [0.15, 0.2) is 6.29 Å². The topological polar surface area (TPSA) is 65.1 Å². The molecule has 1 atom stereocenters. The Hall–Kier alpha value is -2.67. The highest BCUT2D eigenvalue weighted by Gasteiger charge is 2.51. The summed E-state index contributed by atoms with van der Waals surface area (Å²) < 4.78 is 11.0. The van der Waals surface area contributed by atoms with Crippen LogP contribution in [-0.4, -0.2) is 35.9 Å². The number of methoxy groups -OCH3 is 1. The number of amides is 1. The number of nitrogens with zero attached hydrogens (tertiary/aromatic N) is 1. The Morgan fingerprint density at radius 3 is 2.26 bits per heavy atom. The zero-order valence-corrected chi connectivity index (χ0v) is 19.2. The maximum absolute atomic E-state index is 13.5. The lowest BCUT2D eigenvalue weighted by atomic mass is 9.93. The third-order valence-electron chi connectivity index (χ3n) is 5.29. The SMILES string of the molecule is COC(C)ON1C(=O)C(c2c(C)cccc2C)=C(OC(=O)c2ccccc2Cl)C1(C)C. The summed E-state index contributed by atoms with van der Waals surface area (Å²) in [5.41, 5.74) is 1.89. The second-order valence-electron chi connectivity index (χ2n) is 7.91. The number of carbonyl (C=O) groups excluding carboxylic acids is 2. The fraction of sp³-hybridized carbons (Fsp3) is 0.333. The van der Waals surface area contributed by atoms with Crippen LogP contribution in [0.2, 0.25) is 5.02 Å². The van der Waals surface area contributed by atoms with Crippen molar-refractivity contribution in [3.8, 4) is 0 Å². The summed E-state index contributed by atoms with van der Waals surface area (Å²) in [5.74, 6) is -0.858. The molecule has 2 aromatic carbocycles. The predicted octanol–water partition coefficient (Wildman–Crippen LogP) is 5.07. The van der Waals surface area contributed by atoms with Gasteiger partial charge in [-0.3, -0.25) is 4.79 Å². The van der Waals surface area contributed by atoms with Crippen LogP contribution in [0.15, 0.2) is 48.2 Å². The van der Waals surface area contributed by atoms with Crippen molar-refractivity contribution in [1.29, 1.82) is 0 Å². The highest BCUT2D eigenvalue weighted by molar-refractivity contribution is 6.33. The van der Waals surface area contributed by atoms with Crippen LogP contribution in [0.1, 0.15) is 47.8 Å². The van der Waals surface area contributed by atoms with E-state index in [-0.39, 0.29) is 21.9 Å². The molecular weight excluding hydrogens is 418 g/mol. The molecule has 1 aliphatic heterocycles. The Morgan fingerprint density at radius 2 is 1.68 bits per heavy atom. The highest BCUT2D eigenvalue weighted by atomic mass is 35.5. The summed E-state index contributed by atoms with van der Waals surface area (Å²) in [7, 11) is 1.48. The summed E-state index contributed by atoms with van der Waals surface area (Å²) in [6.07, 6.45) is -0.680. The van der Waals surface area contributed by atoms with Gasteiger partial charge in [0.05, 0.1) is 16.2 Å². The minimum absolute atomic E-state index is 0.197. The lowest BCUT2D eigenvalue weighted by Gasteiger charge is -2.33. The Bertz CT molecular complexity index is 1040.